The zero-order valence-corrected chi connectivity index (χ0v) is 10.2. The Labute approximate surface area is 104 Å². The van der Waals surface area contributed by atoms with Crippen molar-refractivity contribution in [2.24, 2.45) is 5.73 Å². The molecule has 1 heterocycles. The van der Waals surface area contributed by atoms with Crippen LogP contribution in [-0.2, 0) is 11.2 Å². The fourth-order valence-corrected chi connectivity index (χ4v) is 1.58. The molecular formula is C12H17F3N2O. The van der Waals surface area contributed by atoms with Gasteiger partial charge in [-0.1, -0.05) is 0 Å². The van der Waals surface area contributed by atoms with Crippen LogP contribution in [0.1, 0.15) is 18.9 Å². The Morgan fingerprint density at radius 2 is 1.94 bits per heavy atom. The standard InChI is InChI=1S/C12H17F3N2O/c1-9(16)11(12(13,14)15)18-8-2-3-10-4-6-17-7-5-10/h4-7,9,11H,2-3,8,16H2,1H3. The molecule has 1 aromatic heterocycles. The van der Waals surface area contributed by atoms with E-state index in [4.69, 9.17) is 10.5 Å². The topological polar surface area (TPSA) is 48.1 Å². The average molecular weight is 262 g/mol. The molecule has 0 aliphatic heterocycles. The Hall–Kier alpha value is -1.14. The first kappa shape index (κ1) is 14.9. The molecule has 3 nitrogen and oxygen atoms in total. The number of rotatable bonds is 6. The summed E-state index contributed by atoms with van der Waals surface area (Å²) in [5.41, 5.74) is 6.29. The molecule has 102 valence electrons. The number of alkyl halides is 3. The zero-order valence-electron chi connectivity index (χ0n) is 10.2. The smallest absolute Gasteiger partial charge is 0.367 e. The predicted molar refractivity (Wildman–Crippen MR) is 62.0 cm³/mol. The summed E-state index contributed by atoms with van der Waals surface area (Å²) < 4.78 is 42.3. The highest BCUT2D eigenvalue weighted by Gasteiger charge is 2.42. The van der Waals surface area contributed by atoms with Gasteiger partial charge in [0.1, 0.15) is 0 Å². The minimum Gasteiger partial charge on any atom is -0.367 e. The molecule has 18 heavy (non-hydrogen) atoms. The second kappa shape index (κ2) is 6.70. The Kier molecular flexibility index (Phi) is 5.55. The Morgan fingerprint density at radius 3 is 2.44 bits per heavy atom. The highest BCUT2D eigenvalue weighted by Crippen LogP contribution is 2.24. The summed E-state index contributed by atoms with van der Waals surface area (Å²) in [6.07, 6.45) is -1.83. The minimum absolute atomic E-state index is 0.0358. The van der Waals surface area contributed by atoms with Crippen molar-refractivity contribution in [3.05, 3.63) is 30.1 Å². The lowest BCUT2D eigenvalue weighted by atomic mass is 10.1. The predicted octanol–water partition coefficient (Wildman–Crippen LogP) is 2.31. The molecule has 0 aliphatic rings. The summed E-state index contributed by atoms with van der Waals surface area (Å²) in [7, 11) is 0. The van der Waals surface area contributed by atoms with E-state index in [1.165, 1.54) is 6.92 Å². The first-order chi connectivity index (χ1) is 8.41. The van der Waals surface area contributed by atoms with Gasteiger partial charge in [-0.15, -0.1) is 0 Å². The van der Waals surface area contributed by atoms with E-state index in [0.29, 0.717) is 12.8 Å². The van der Waals surface area contributed by atoms with Crippen LogP contribution < -0.4 is 5.73 Å². The van der Waals surface area contributed by atoms with Crippen molar-refractivity contribution < 1.29 is 17.9 Å². The summed E-state index contributed by atoms with van der Waals surface area (Å²) in [5.74, 6) is 0. The van der Waals surface area contributed by atoms with Crippen molar-refractivity contribution >= 4 is 0 Å². The molecule has 0 fully saturated rings. The minimum atomic E-state index is -4.41. The highest BCUT2D eigenvalue weighted by molar-refractivity contribution is 5.09. The van der Waals surface area contributed by atoms with E-state index in [1.54, 1.807) is 12.4 Å². The van der Waals surface area contributed by atoms with Gasteiger partial charge in [0.2, 0.25) is 0 Å². The molecule has 0 bridgehead atoms. The number of nitrogens with two attached hydrogens (primary N) is 1. The van der Waals surface area contributed by atoms with E-state index in [2.05, 4.69) is 4.98 Å². The monoisotopic (exact) mass is 262 g/mol. The van der Waals surface area contributed by atoms with Crippen molar-refractivity contribution in [1.82, 2.24) is 4.98 Å². The van der Waals surface area contributed by atoms with Crippen molar-refractivity contribution in [3.63, 3.8) is 0 Å². The molecule has 0 saturated heterocycles. The van der Waals surface area contributed by atoms with E-state index < -0.39 is 18.3 Å². The number of hydrogen-bond acceptors (Lipinski definition) is 3. The van der Waals surface area contributed by atoms with Gasteiger partial charge in [0.05, 0.1) is 0 Å². The number of ether oxygens (including phenoxy) is 1. The molecule has 0 amide bonds. The van der Waals surface area contributed by atoms with E-state index in [1.807, 2.05) is 12.1 Å². The second-order valence-corrected chi connectivity index (χ2v) is 4.15. The highest BCUT2D eigenvalue weighted by atomic mass is 19.4. The van der Waals surface area contributed by atoms with Crippen LogP contribution in [0.15, 0.2) is 24.5 Å². The number of hydrogen-bond donors (Lipinski definition) is 1. The first-order valence-electron chi connectivity index (χ1n) is 5.74. The van der Waals surface area contributed by atoms with Crippen molar-refractivity contribution in [1.29, 1.82) is 0 Å². The first-order valence-corrected chi connectivity index (χ1v) is 5.74. The maximum absolute atomic E-state index is 12.5. The van der Waals surface area contributed by atoms with Gasteiger partial charge in [-0.3, -0.25) is 4.98 Å². The molecule has 2 atom stereocenters. The lowest BCUT2D eigenvalue weighted by Gasteiger charge is -2.23. The lowest BCUT2D eigenvalue weighted by Crippen LogP contribution is -2.45. The van der Waals surface area contributed by atoms with Crippen LogP contribution in [0.4, 0.5) is 13.2 Å². The summed E-state index contributed by atoms with van der Waals surface area (Å²) in [4.78, 5) is 3.86. The molecule has 1 rings (SSSR count). The van der Waals surface area contributed by atoms with Gasteiger partial charge >= 0.3 is 6.18 Å². The van der Waals surface area contributed by atoms with E-state index in [9.17, 15) is 13.2 Å². The summed E-state index contributed by atoms with van der Waals surface area (Å²) in [6, 6.07) is 2.59. The molecule has 2 N–H and O–H groups in total. The van der Waals surface area contributed by atoms with Crippen molar-refractivity contribution in [2.75, 3.05) is 6.61 Å². The van der Waals surface area contributed by atoms with Crippen LogP contribution in [0.25, 0.3) is 0 Å². The number of pyridine rings is 1. The lowest BCUT2D eigenvalue weighted by molar-refractivity contribution is -0.225. The van der Waals surface area contributed by atoms with Crippen molar-refractivity contribution in [3.8, 4) is 0 Å². The number of aryl methyl sites for hydroxylation is 1. The summed E-state index contributed by atoms with van der Waals surface area (Å²) in [6.45, 7) is 1.33. The van der Waals surface area contributed by atoms with Crippen LogP contribution in [0.2, 0.25) is 0 Å². The molecule has 0 saturated carbocycles. The Balaban J connectivity index is 2.32. The number of aromatic nitrogens is 1. The van der Waals surface area contributed by atoms with Gasteiger partial charge in [0, 0.05) is 25.0 Å². The maximum Gasteiger partial charge on any atom is 0.416 e. The molecule has 6 heteroatoms. The normalized spacial score (nSPS) is 15.4. The maximum atomic E-state index is 12.5. The third-order valence-electron chi connectivity index (χ3n) is 2.46. The SMILES string of the molecule is CC(N)C(OCCCc1ccncc1)C(F)(F)F. The van der Waals surface area contributed by atoms with Crippen LogP contribution in [0, 0.1) is 0 Å². The van der Waals surface area contributed by atoms with E-state index in [0.717, 1.165) is 5.56 Å². The fraction of sp³-hybridized carbons (Fsp3) is 0.583. The molecule has 0 radical (unpaired) electrons. The van der Waals surface area contributed by atoms with E-state index >= 15 is 0 Å². The van der Waals surface area contributed by atoms with Gasteiger partial charge < -0.3 is 10.5 Å². The van der Waals surface area contributed by atoms with Gasteiger partial charge in [-0.2, -0.15) is 13.2 Å². The Morgan fingerprint density at radius 1 is 1.33 bits per heavy atom. The molecular weight excluding hydrogens is 245 g/mol. The number of halogens is 3. The van der Waals surface area contributed by atoms with Gasteiger partial charge in [0.25, 0.3) is 0 Å². The van der Waals surface area contributed by atoms with Crippen LogP contribution in [0.3, 0.4) is 0 Å². The molecule has 2 unspecified atom stereocenters. The largest absolute Gasteiger partial charge is 0.416 e. The third kappa shape index (κ3) is 5.01. The Bertz CT molecular complexity index is 341. The molecule has 1 aromatic rings. The van der Waals surface area contributed by atoms with Crippen LogP contribution in [-0.4, -0.2) is 29.9 Å². The molecule has 0 aromatic carbocycles. The van der Waals surface area contributed by atoms with Crippen molar-refractivity contribution in [2.45, 2.75) is 38.1 Å². The third-order valence-corrected chi connectivity index (χ3v) is 2.46. The second-order valence-electron chi connectivity index (χ2n) is 4.15. The zero-order chi connectivity index (χ0) is 13.6. The molecule has 0 spiro atoms. The quantitative estimate of drug-likeness (QED) is 0.800. The van der Waals surface area contributed by atoms with Crippen LogP contribution in [0.5, 0.6) is 0 Å². The molecule has 0 aliphatic carbocycles. The van der Waals surface area contributed by atoms with Crippen LogP contribution >= 0.6 is 0 Å². The summed E-state index contributed by atoms with van der Waals surface area (Å²) in [5, 5.41) is 0. The van der Waals surface area contributed by atoms with Gasteiger partial charge in [-0.25, -0.2) is 0 Å². The van der Waals surface area contributed by atoms with Gasteiger partial charge in [-0.05, 0) is 37.5 Å². The fourth-order valence-electron chi connectivity index (χ4n) is 1.58. The average Bonchev–Trinajstić information content (AvgIpc) is 2.27. The van der Waals surface area contributed by atoms with Gasteiger partial charge in [0.15, 0.2) is 6.10 Å². The number of nitrogens with zero attached hydrogens (tertiary/aromatic N) is 1. The van der Waals surface area contributed by atoms with E-state index in [-0.39, 0.29) is 6.61 Å². The summed E-state index contributed by atoms with van der Waals surface area (Å²) >= 11 is 0.